The minimum absolute atomic E-state index is 0.899. The Bertz CT molecular complexity index is 3090. The van der Waals surface area contributed by atoms with E-state index in [9.17, 15) is 0 Å². The predicted molar refractivity (Wildman–Crippen MR) is 205 cm³/mol. The van der Waals surface area contributed by atoms with E-state index in [1.165, 1.54) is 65.5 Å². The van der Waals surface area contributed by atoms with Crippen LogP contribution in [0.2, 0.25) is 0 Å². The van der Waals surface area contributed by atoms with Gasteiger partial charge in [-0.3, -0.25) is 0 Å². The SMILES string of the molecule is c1ccc(-c2ccc(-n3c4ccccc4c4ccc5c(c6ccccc6n5-c5ccc6oc7cc8ccccc8cc7c6c5)c43)cc2)cc1. The van der Waals surface area contributed by atoms with Gasteiger partial charge in [-0.2, -0.15) is 0 Å². The predicted octanol–water partition coefficient (Wildman–Crippen LogP) is 12.6. The van der Waals surface area contributed by atoms with Gasteiger partial charge in [0.25, 0.3) is 0 Å². The smallest absolute Gasteiger partial charge is 0.136 e. The minimum atomic E-state index is 0.899. The van der Waals surface area contributed by atoms with E-state index in [4.69, 9.17) is 4.42 Å². The van der Waals surface area contributed by atoms with Gasteiger partial charge in [-0.25, -0.2) is 0 Å². The van der Waals surface area contributed by atoms with Gasteiger partial charge in [-0.15, -0.1) is 0 Å². The third kappa shape index (κ3) is 3.78. The molecule has 3 heteroatoms. The van der Waals surface area contributed by atoms with Gasteiger partial charge in [0.05, 0.1) is 22.1 Å². The fourth-order valence-corrected chi connectivity index (χ4v) is 8.08. The molecule has 11 rings (SSSR count). The van der Waals surface area contributed by atoms with Gasteiger partial charge in [0.15, 0.2) is 0 Å². The third-order valence-electron chi connectivity index (χ3n) is 10.3. The average molecular weight is 625 g/mol. The molecule has 0 saturated carbocycles. The van der Waals surface area contributed by atoms with Crippen LogP contribution in [0.3, 0.4) is 0 Å². The number of para-hydroxylation sites is 2. The number of fused-ring (bicyclic) bond motifs is 11. The summed E-state index contributed by atoms with van der Waals surface area (Å²) in [5.74, 6) is 0. The highest BCUT2D eigenvalue weighted by Gasteiger charge is 2.21. The Hall–Kier alpha value is -6.58. The summed E-state index contributed by atoms with van der Waals surface area (Å²) in [4.78, 5) is 0. The Morgan fingerprint density at radius 1 is 0.347 bits per heavy atom. The lowest BCUT2D eigenvalue weighted by atomic mass is 10.1. The quantitative estimate of drug-likeness (QED) is 0.192. The van der Waals surface area contributed by atoms with Gasteiger partial charge in [-0.1, -0.05) is 109 Å². The maximum absolute atomic E-state index is 6.39. The highest BCUT2D eigenvalue weighted by molar-refractivity contribution is 6.26. The van der Waals surface area contributed by atoms with E-state index in [0.717, 1.165) is 33.3 Å². The molecule has 3 nitrogen and oxygen atoms in total. The van der Waals surface area contributed by atoms with Crippen LogP contribution in [-0.2, 0) is 0 Å². The molecule has 0 bridgehead atoms. The summed E-state index contributed by atoms with van der Waals surface area (Å²) in [5.41, 5.74) is 11.3. The lowest BCUT2D eigenvalue weighted by molar-refractivity contribution is 0.669. The van der Waals surface area contributed by atoms with E-state index >= 15 is 0 Å². The van der Waals surface area contributed by atoms with Crippen LogP contribution in [0.1, 0.15) is 0 Å². The second kappa shape index (κ2) is 9.96. The fraction of sp³-hybridized carbons (Fsp3) is 0. The second-order valence-electron chi connectivity index (χ2n) is 13.0. The van der Waals surface area contributed by atoms with Crippen LogP contribution in [0.4, 0.5) is 0 Å². The molecule has 0 aliphatic carbocycles. The Morgan fingerprint density at radius 2 is 0.980 bits per heavy atom. The van der Waals surface area contributed by atoms with Crippen molar-refractivity contribution >= 4 is 76.3 Å². The molecule has 228 valence electrons. The van der Waals surface area contributed by atoms with E-state index in [0.29, 0.717) is 0 Å². The molecule has 0 saturated heterocycles. The van der Waals surface area contributed by atoms with Crippen molar-refractivity contribution in [3.05, 3.63) is 170 Å². The third-order valence-corrected chi connectivity index (χ3v) is 10.3. The number of nitrogens with zero attached hydrogens (tertiary/aromatic N) is 2. The van der Waals surface area contributed by atoms with E-state index in [1.807, 2.05) is 0 Å². The van der Waals surface area contributed by atoms with Gasteiger partial charge in [-0.05, 0) is 82.6 Å². The topological polar surface area (TPSA) is 23.0 Å². The van der Waals surface area contributed by atoms with Crippen LogP contribution < -0.4 is 0 Å². The van der Waals surface area contributed by atoms with Crippen LogP contribution in [0.5, 0.6) is 0 Å². The molecule has 0 aliphatic heterocycles. The molecule has 0 unspecified atom stereocenters. The summed E-state index contributed by atoms with van der Waals surface area (Å²) in [6, 6.07) is 61.3. The Balaban J connectivity index is 1.20. The lowest BCUT2D eigenvalue weighted by Crippen LogP contribution is -1.95. The maximum atomic E-state index is 6.39. The minimum Gasteiger partial charge on any atom is -0.456 e. The summed E-state index contributed by atoms with van der Waals surface area (Å²) >= 11 is 0. The number of rotatable bonds is 3. The monoisotopic (exact) mass is 624 g/mol. The number of benzene rings is 8. The van der Waals surface area contributed by atoms with Crippen LogP contribution in [0.15, 0.2) is 174 Å². The molecule has 0 atom stereocenters. The standard InChI is InChI=1S/C46H28N2O/c1-2-10-29(11-3-1)30-18-20-33(21-19-30)48-40-16-8-6-14-35(40)36-23-24-42-45(46(36)48)37-15-7-9-17-41(37)47(42)34-22-25-43-39(28-34)38-26-31-12-4-5-13-32(31)27-44(38)49-43/h1-28H. The largest absolute Gasteiger partial charge is 0.456 e. The van der Waals surface area contributed by atoms with Crippen molar-refractivity contribution in [2.24, 2.45) is 0 Å². The first kappa shape index (κ1) is 26.5. The van der Waals surface area contributed by atoms with Gasteiger partial charge in [0, 0.05) is 43.7 Å². The van der Waals surface area contributed by atoms with Crippen molar-refractivity contribution in [2.75, 3.05) is 0 Å². The molecule has 3 heterocycles. The Morgan fingerprint density at radius 3 is 1.80 bits per heavy atom. The zero-order valence-corrected chi connectivity index (χ0v) is 26.5. The van der Waals surface area contributed by atoms with E-state index in [-0.39, 0.29) is 0 Å². The normalized spacial score (nSPS) is 12.1. The van der Waals surface area contributed by atoms with Crippen molar-refractivity contribution < 1.29 is 4.42 Å². The molecule has 49 heavy (non-hydrogen) atoms. The van der Waals surface area contributed by atoms with E-state index in [1.54, 1.807) is 0 Å². The number of hydrogen-bond donors (Lipinski definition) is 0. The number of hydrogen-bond acceptors (Lipinski definition) is 1. The Labute approximate surface area is 281 Å². The number of furan rings is 1. The van der Waals surface area contributed by atoms with Crippen molar-refractivity contribution in [1.29, 1.82) is 0 Å². The summed E-state index contributed by atoms with van der Waals surface area (Å²) in [7, 11) is 0. The molecule has 8 aromatic carbocycles. The van der Waals surface area contributed by atoms with Crippen molar-refractivity contribution in [2.45, 2.75) is 0 Å². The molecule has 0 N–H and O–H groups in total. The Kier molecular flexibility index (Phi) is 5.38. The van der Waals surface area contributed by atoms with Crippen molar-refractivity contribution in [3.8, 4) is 22.5 Å². The molecular formula is C46H28N2O. The van der Waals surface area contributed by atoms with Gasteiger partial charge in [0.1, 0.15) is 11.2 Å². The van der Waals surface area contributed by atoms with E-state index in [2.05, 4.69) is 179 Å². The van der Waals surface area contributed by atoms with Crippen molar-refractivity contribution in [1.82, 2.24) is 9.13 Å². The highest BCUT2D eigenvalue weighted by atomic mass is 16.3. The maximum Gasteiger partial charge on any atom is 0.136 e. The molecule has 3 aromatic heterocycles. The molecular weight excluding hydrogens is 597 g/mol. The molecule has 0 aliphatic rings. The van der Waals surface area contributed by atoms with E-state index < -0.39 is 0 Å². The summed E-state index contributed by atoms with van der Waals surface area (Å²) < 4.78 is 11.3. The summed E-state index contributed by atoms with van der Waals surface area (Å²) in [5, 5.41) is 9.65. The van der Waals surface area contributed by atoms with Gasteiger partial charge in [0.2, 0.25) is 0 Å². The van der Waals surface area contributed by atoms with Gasteiger partial charge < -0.3 is 13.6 Å². The molecule has 11 aromatic rings. The molecule has 0 fully saturated rings. The first-order valence-corrected chi connectivity index (χ1v) is 16.8. The molecule has 0 amide bonds. The fourth-order valence-electron chi connectivity index (χ4n) is 8.08. The zero-order chi connectivity index (χ0) is 32.1. The first-order valence-electron chi connectivity index (χ1n) is 16.8. The van der Waals surface area contributed by atoms with Gasteiger partial charge >= 0.3 is 0 Å². The number of aromatic nitrogens is 2. The van der Waals surface area contributed by atoms with Crippen molar-refractivity contribution in [3.63, 3.8) is 0 Å². The van der Waals surface area contributed by atoms with Crippen LogP contribution in [0, 0.1) is 0 Å². The summed E-state index contributed by atoms with van der Waals surface area (Å²) in [6.45, 7) is 0. The van der Waals surface area contributed by atoms with Crippen LogP contribution in [0.25, 0.3) is 98.8 Å². The van der Waals surface area contributed by atoms with Crippen LogP contribution in [-0.4, -0.2) is 9.13 Å². The molecule has 0 radical (unpaired) electrons. The molecule has 0 spiro atoms. The highest BCUT2D eigenvalue weighted by Crippen LogP contribution is 2.43. The first-order chi connectivity index (χ1) is 24.3. The van der Waals surface area contributed by atoms with Crippen LogP contribution >= 0.6 is 0 Å². The summed E-state index contributed by atoms with van der Waals surface area (Å²) in [6.07, 6.45) is 0. The average Bonchev–Trinajstić information content (AvgIpc) is 3.81. The second-order valence-corrected chi connectivity index (χ2v) is 13.0. The zero-order valence-electron chi connectivity index (χ0n) is 26.5. The lowest BCUT2D eigenvalue weighted by Gasteiger charge is -2.11.